The summed E-state index contributed by atoms with van der Waals surface area (Å²) in [4.78, 5) is 36.7. The Morgan fingerprint density at radius 1 is 1.29 bits per heavy atom. The molecule has 2 heterocycles. The molecule has 0 aliphatic carbocycles. The molecule has 0 saturated carbocycles. The van der Waals surface area contributed by atoms with E-state index in [0.29, 0.717) is 10.6 Å². The summed E-state index contributed by atoms with van der Waals surface area (Å²) in [5.74, 6) is -2.71. The Bertz CT molecular complexity index is 771. The SMILES string of the molecule is NC(=O)c1c(Cl)ccc2c1C(C(=O)c1cccs1)C(=O)N2. The van der Waals surface area contributed by atoms with Crippen LogP contribution in [0.15, 0.2) is 29.6 Å². The number of halogens is 1. The van der Waals surface area contributed by atoms with Gasteiger partial charge in [0.1, 0.15) is 5.92 Å². The molecule has 2 amide bonds. The first-order valence-corrected chi connectivity index (χ1v) is 7.27. The van der Waals surface area contributed by atoms with Crippen molar-refractivity contribution >= 4 is 46.2 Å². The molecule has 1 aliphatic heterocycles. The molecule has 0 saturated heterocycles. The van der Waals surface area contributed by atoms with E-state index in [-0.39, 0.29) is 21.9 Å². The maximum Gasteiger partial charge on any atom is 0.250 e. The lowest BCUT2D eigenvalue weighted by Gasteiger charge is -2.11. The maximum absolute atomic E-state index is 12.5. The van der Waals surface area contributed by atoms with Gasteiger partial charge in [-0.1, -0.05) is 17.7 Å². The number of nitrogens with two attached hydrogens (primary N) is 1. The van der Waals surface area contributed by atoms with Gasteiger partial charge in [0.25, 0.3) is 5.91 Å². The van der Waals surface area contributed by atoms with Gasteiger partial charge in [0, 0.05) is 11.3 Å². The lowest BCUT2D eigenvalue weighted by atomic mass is 9.91. The Hall–Kier alpha value is -2.18. The third kappa shape index (κ3) is 2.12. The van der Waals surface area contributed by atoms with Gasteiger partial charge in [0.15, 0.2) is 5.78 Å². The van der Waals surface area contributed by atoms with Crippen molar-refractivity contribution in [2.24, 2.45) is 5.73 Å². The summed E-state index contributed by atoms with van der Waals surface area (Å²) in [7, 11) is 0. The standard InChI is InChI=1S/C14H9ClN2O3S/c15-6-3-4-7-10(9(6)13(16)19)11(14(20)17-7)12(18)8-2-1-5-21-8/h1-5,11H,(H2,16,19)(H,17,20). The van der Waals surface area contributed by atoms with Crippen LogP contribution in [0, 0.1) is 0 Å². The molecule has 1 aromatic carbocycles. The zero-order valence-electron chi connectivity index (χ0n) is 10.6. The number of benzene rings is 1. The van der Waals surface area contributed by atoms with E-state index in [4.69, 9.17) is 17.3 Å². The summed E-state index contributed by atoms with van der Waals surface area (Å²) in [5.41, 5.74) is 6.02. The minimum atomic E-state index is -1.10. The van der Waals surface area contributed by atoms with Crippen molar-refractivity contribution in [1.82, 2.24) is 0 Å². The summed E-state index contributed by atoms with van der Waals surface area (Å²) in [6, 6.07) is 6.38. The predicted octanol–water partition coefficient (Wildman–Crippen LogP) is 2.42. The second-order valence-corrected chi connectivity index (χ2v) is 5.87. The number of thiophene rings is 1. The molecular formula is C14H9ClN2O3S. The second-order valence-electron chi connectivity index (χ2n) is 4.51. The summed E-state index contributed by atoms with van der Waals surface area (Å²) >= 11 is 7.23. The van der Waals surface area contributed by atoms with E-state index in [1.54, 1.807) is 23.6 Å². The average Bonchev–Trinajstić information content (AvgIpc) is 3.04. The normalized spacial score (nSPS) is 16.4. The number of Topliss-reactive ketones (excluding diaryl/α,β-unsaturated/α-hetero) is 1. The fraction of sp³-hybridized carbons (Fsp3) is 0.0714. The number of primary amides is 1. The number of anilines is 1. The summed E-state index contributed by atoms with van der Waals surface area (Å²) < 4.78 is 0. The largest absolute Gasteiger partial charge is 0.366 e. The molecule has 0 spiro atoms. The van der Waals surface area contributed by atoms with E-state index in [1.165, 1.54) is 17.4 Å². The molecule has 3 N–H and O–H groups in total. The van der Waals surface area contributed by atoms with Crippen molar-refractivity contribution < 1.29 is 14.4 Å². The van der Waals surface area contributed by atoms with Crippen LogP contribution in [-0.4, -0.2) is 17.6 Å². The lowest BCUT2D eigenvalue weighted by Crippen LogP contribution is -2.23. The number of nitrogens with one attached hydrogen (secondary N) is 1. The van der Waals surface area contributed by atoms with Gasteiger partial charge < -0.3 is 11.1 Å². The van der Waals surface area contributed by atoms with Crippen LogP contribution in [0.5, 0.6) is 0 Å². The molecule has 0 bridgehead atoms. The Morgan fingerprint density at radius 3 is 2.67 bits per heavy atom. The molecule has 1 unspecified atom stereocenters. The first kappa shape index (κ1) is 13.8. The van der Waals surface area contributed by atoms with E-state index >= 15 is 0 Å². The molecule has 7 heteroatoms. The highest BCUT2D eigenvalue weighted by atomic mass is 35.5. The molecular weight excluding hydrogens is 312 g/mol. The maximum atomic E-state index is 12.5. The van der Waals surface area contributed by atoms with E-state index < -0.39 is 17.7 Å². The fourth-order valence-corrected chi connectivity index (χ4v) is 3.35. The number of fused-ring (bicyclic) bond motifs is 1. The Morgan fingerprint density at radius 2 is 2.05 bits per heavy atom. The van der Waals surface area contributed by atoms with Crippen LogP contribution in [0.3, 0.4) is 0 Å². The van der Waals surface area contributed by atoms with Gasteiger partial charge in [0.05, 0.1) is 15.5 Å². The van der Waals surface area contributed by atoms with Crippen molar-refractivity contribution in [3.8, 4) is 0 Å². The molecule has 0 fully saturated rings. The van der Waals surface area contributed by atoms with Gasteiger partial charge in [-0.2, -0.15) is 0 Å². The average molecular weight is 321 g/mol. The first-order chi connectivity index (χ1) is 10.0. The molecule has 1 aromatic heterocycles. The van der Waals surface area contributed by atoms with Crippen molar-refractivity contribution in [3.63, 3.8) is 0 Å². The van der Waals surface area contributed by atoms with Gasteiger partial charge in [-0.3, -0.25) is 14.4 Å². The number of hydrogen-bond acceptors (Lipinski definition) is 4. The van der Waals surface area contributed by atoms with Gasteiger partial charge >= 0.3 is 0 Å². The highest BCUT2D eigenvalue weighted by Crippen LogP contribution is 2.40. The Labute approximate surface area is 128 Å². The van der Waals surface area contributed by atoms with Gasteiger partial charge in [0.2, 0.25) is 5.91 Å². The van der Waals surface area contributed by atoms with Gasteiger partial charge in [-0.25, -0.2) is 0 Å². The van der Waals surface area contributed by atoms with E-state index in [0.717, 1.165) is 0 Å². The van der Waals surface area contributed by atoms with Crippen LogP contribution in [0.2, 0.25) is 5.02 Å². The van der Waals surface area contributed by atoms with Gasteiger partial charge in [-0.15, -0.1) is 11.3 Å². The molecule has 1 atom stereocenters. The van der Waals surface area contributed by atoms with Crippen molar-refractivity contribution in [2.45, 2.75) is 5.92 Å². The third-order valence-electron chi connectivity index (χ3n) is 3.28. The zero-order chi connectivity index (χ0) is 15.1. The van der Waals surface area contributed by atoms with Gasteiger partial charge in [-0.05, 0) is 23.6 Å². The fourth-order valence-electron chi connectivity index (χ4n) is 2.40. The number of carbonyl (C=O) groups excluding carboxylic acids is 3. The summed E-state index contributed by atoms with van der Waals surface area (Å²) in [5, 5.41) is 4.46. The minimum Gasteiger partial charge on any atom is -0.366 e. The van der Waals surface area contributed by atoms with Crippen LogP contribution in [0.4, 0.5) is 5.69 Å². The van der Waals surface area contributed by atoms with Crippen molar-refractivity contribution in [1.29, 1.82) is 0 Å². The number of hydrogen-bond donors (Lipinski definition) is 2. The van der Waals surface area contributed by atoms with E-state index in [2.05, 4.69) is 5.32 Å². The number of amides is 2. The number of ketones is 1. The smallest absolute Gasteiger partial charge is 0.250 e. The third-order valence-corrected chi connectivity index (χ3v) is 4.48. The topological polar surface area (TPSA) is 89.3 Å². The molecule has 0 radical (unpaired) electrons. The van der Waals surface area contributed by atoms with Crippen molar-refractivity contribution in [3.05, 3.63) is 50.7 Å². The predicted molar refractivity (Wildman–Crippen MR) is 80.0 cm³/mol. The minimum absolute atomic E-state index is 0.0161. The molecule has 2 aromatic rings. The van der Waals surface area contributed by atoms with Crippen LogP contribution in [0.1, 0.15) is 31.5 Å². The molecule has 21 heavy (non-hydrogen) atoms. The Balaban J connectivity index is 2.19. The lowest BCUT2D eigenvalue weighted by molar-refractivity contribution is -0.116. The van der Waals surface area contributed by atoms with Crippen LogP contribution < -0.4 is 11.1 Å². The highest BCUT2D eigenvalue weighted by molar-refractivity contribution is 7.12. The van der Waals surface area contributed by atoms with Crippen molar-refractivity contribution in [2.75, 3.05) is 5.32 Å². The zero-order valence-corrected chi connectivity index (χ0v) is 12.1. The molecule has 106 valence electrons. The summed E-state index contributed by atoms with van der Waals surface area (Å²) in [6.07, 6.45) is 0. The number of carbonyl (C=O) groups is 3. The molecule has 1 aliphatic rings. The first-order valence-electron chi connectivity index (χ1n) is 6.01. The quantitative estimate of drug-likeness (QED) is 0.672. The van der Waals surface area contributed by atoms with Crippen LogP contribution in [-0.2, 0) is 4.79 Å². The molecule has 5 nitrogen and oxygen atoms in total. The van der Waals surface area contributed by atoms with Crippen LogP contribution in [0.25, 0.3) is 0 Å². The number of rotatable bonds is 3. The summed E-state index contributed by atoms with van der Waals surface area (Å²) in [6.45, 7) is 0. The highest BCUT2D eigenvalue weighted by Gasteiger charge is 2.40. The van der Waals surface area contributed by atoms with Crippen LogP contribution >= 0.6 is 22.9 Å². The van der Waals surface area contributed by atoms with E-state index in [1.807, 2.05) is 0 Å². The molecule has 3 rings (SSSR count). The second kappa shape index (κ2) is 4.98. The van der Waals surface area contributed by atoms with E-state index in [9.17, 15) is 14.4 Å². The Kier molecular flexibility index (Phi) is 3.27. The monoisotopic (exact) mass is 320 g/mol.